The molecule has 78 valence electrons. The Morgan fingerprint density at radius 3 is 2.53 bits per heavy atom. The molecule has 0 unspecified atom stereocenters. The van der Waals surface area contributed by atoms with Crippen molar-refractivity contribution in [1.82, 2.24) is 10.3 Å². The largest absolute Gasteiger partial charge is 0.451 e. The fourth-order valence-corrected chi connectivity index (χ4v) is 1.61. The van der Waals surface area contributed by atoms with E-state index in [1.54, 1.807) is 6.26 Å². The second kappa shape index (κ2) is 4.28. The minimum absolute atomic E-state index is 0.101. The SMILES string of the molecule is CN[C@H](c1ccc(C)cc1)c1cocn1. The molecule has 1 aromatic carbocycles. The Morgan fingerprint density at radius 1 is 1.27 bits per heavy atom. The van der Waals surface area contributed by atoms with Crippen LogP contribution in [0, 0.1) is 6.92 Å². The zero-order valence-corrected chi connectivity index (χ0v) is 8.90. The third-order valence-electron chi connectivity index (χ3n) is 2.45. The van der Waals surface area contributed by atoms with Gasteiger partial charge in [-0.1, -0.05) is 29.8 Å². The highest BCUT2D eigenvalue weighted by Crippen LogP contribution is 2.20. The summed E-state index contributed by atoms with van der Waals surface area (Å²) in [4.78, 5) is 4.16. The van der Waals surface area contributed by atoms with Gasteiger partial charge in [-0.2, -0.15) is 0 Å². The number of aryl methyl sites for hydroxylation is 1. The van der Waals surface area contributed by atoms with E-state index in [-0.39, 0.29) is 6.04 Å². The molecular formula is C12H14N2O. The molecule has 0 spiro atoms. The number of benzene rings is 1. The van der Waals surface area contributed by atoms with E-state index in [1.807, 2.05) is 7.05 Å². The van der Waals surface area contributed by atoms with Crippen molar-refractivity contribution < 1.29 is 4.42 Å². The minimum Gasteiger partial charge on any atom is -0.451 e. The number of nitrogens with zero attached hydrogens (tertiary/aromatic N) is 1. The van der Waals surface area contributed by atoms with Crippen LogP contribution in [0.1, 0.15) is 22.9 Å². The Labute approximate surface area is 89.1 Å². The van der Waals surface area contributed by atoms with E-state index < -0.39 is 0 Å². The number of oxazole rings is 1. The molecule has 0 aliphatic rings. The number of nitrogens with one attached hydrogen (secondary N) is 1. The highest BCUT2D eigenvalue weighted by Gasteiger charge is 2.13. The molecule has 1 heterocycles. The number of aromatic nitrogens is 1. The highest BCUT2D eigenvalue weighted by molar-refractivity contribution is 5.28. The summed E-state index contributed by atoms with van der Waals surface area (Å²) in [5, 5.41) is 3.22. The van der Waals surface area contributed by atoms with Crippen molar-refractivity contribution in [3.8, 4) is 0 Å². The predicted molar refractivity (Wildman–Crippen MR) is 58.6 cm³/mol. The molecule has 0 aliphatic heterocycles. The summed E-state index contributed by atoms with van der Waals surface area (Å²) in [7, 11) is 1.92. The molecule has 1 aromatic heterocycles. The predicted octanol–water partition coefficient (Wildman–Crippen LogP) is 2.29. The van der Waals surface area contributed by atoms with Gasteiger partial charge in [0, 0.05) is 0 Å². The van der Waals surface area contributed by atoms with Gasteiger partial charge in [0.1, 0.15) is 12.0 Å². The maximum absolute atomic E-state index is 4.99. The van der Waals surface area contributed by atoms with Crippen molar-refractivity contribution in [3.63, 3.8) is 0 Å². The zero-order chi connectivity index (χ0) is 10.7. The monoisotopic (exact) mass is 202 g/mol. The molecule has 0 radical (unpaired) electrons. The number of hydrogen-bond donors (Lipinski definition) is 1. The third kappa shape index (κ3) is 2.07. The first-order chi connectivity index (χ1) is 7.31. The summed E-state index contributed by atoms with van der Waals surface area (Å²) in [6, 6.07) is 8.50. The fraction of sp³-hybridized carbons (Fsp3) is 0.250. The molecule has 1 N–H and O–H groups in total. The van der Waals surface area contributed by atoms with Gasteiger partial charge in [0.05, 0.1) is 6.04 Å². The first-order valence-corrected chi connectivity index (χ1v) is 4.93. The van der Waals surface area contributed by atoms with E-state index in [9.17, 15) is 0 Å². The molecule has 3 heteroatoms. The van der Waals surface area contributed by atoms with Crippen molar-refractivity contribution in [2.24, 2.45) is 0 Å². The molecule has 0 amide bonds. The van der Waals surface area contributed by atoms with E-state index in [0.717, 1.165) is 5.69 Å². The first-order valence-electron chi connectivity index (χ1n) is 4.93. The molecule has 2 rings (SSSR count). The lowest BCUT2D eigenvalue weighted by molar-refractivity contribution is 0.553. The summed E-state index contributed by atoms with van der Waals surface area (Å²) >= 11 is 0. The first kappa shape index (κ1) is 9.93. The Morgan fingerprint density at radius 2 is 2.00 bits per heavy atom. The minimum atomic E-state index is 0.101. The van der Waals surface area contributed by atoms with Gasteiger partial charge in [-0.25, -0.2) is 4.98 Å². The second-order valence-electron chi connectivity index (χ2n) is 3.55. The Bertz CT molecular complexity index is 406. The third-order valence-corrected chi connectivity index (χ3v) is 2.45. The van der Waals surface area contributed by atoms with Crippen LogP contribution in [0.2, 0.25) is 0 Å². The average Bonchev–Trinajstić information content (AvgIpc) is 2.75. The fourth-order valence-electron chi connectivity index (χ4n) is 1.61. The van der Waals surface area contributed by atoms with E-state index in [2.05, 4.69) is 41.5 Å². The standard InChI is InChI=1S/C12H14N2O/c1-9-3-5-10(6-4-9)12(13-2)11-7-15-8-14-11/h3-8,12-13H,1-2H3/t12-/m1/s1. The van der Waals surface area contributed by atoms with Gasteiger partial charge in [0.25, 0.3) is 0 Å². The smallest absolute Gasteiger partial charge is 0.180 e. The lowest BCUT2D eigenvalue weighted by atomic mass is 10.0. The van der Waals surface area contributed by atoms with Crippen molar-refractivity contribution in [3.05, 3.63) is 53.7 Å². The highest BCUT2D eigenvalue weighted by atomic mass is 16.3. The van der Waals surface area contributed by atoms with Crippen LogP contribution in [0.25, 0.3) is 0 Å². The lowest BCUT2D eigenvalue weighted by Gasteiger charge is -2.13. The Kier molecular flexibility index (Phi) is 2.83. The molecule has 15 heavy (non-hydrogen) atoms. The van der Waals surface area contributed by atoms with Gasteiger partial charge in [0.2, 0.25) is 0 Å². The van der Waals surface area contributed by atoms with Gasteiger partial charge in [0.15, 0.2) is 6.39 Å². The molecule has 0 aliphatic carbocycles. The van der Waals surface area contributed by atoms with Gasteiger partial charge in [-0.15, -0.1) is 0 Å². The normalized spacial score (nSPS) is 12.7. The van der Waals surface area contributed by atoms with Crippen LogP contribution < -0.4 is 5.32 Å². The van der Waals surface area contributed by atoms with Crippen LogP contribution in [-0.4, -0.2) is 12.0 Å². The van der Waals surface area contributed by atoms with Crippen molar-refractivity contribution in [2.45, 2.75) is 13.0 Å². The Balaban J connectivity index is 2.31. The van der Waals surface area contributed by atoms with E-state index >= 15 is 0 Å². The molecule has 0 fully saturated rings. The van der Waals surface area contributed by atoms with Gasteiger partial charge >= 0.3 is 0 Å². The van der Waals surface area contributed by atoms with Gasteiger partial charge in [-0.3, -0.25) is 0 Å². The van der Waals surface area contributed by atoms with Crippen molar-refractivity contribution >= 4 is 0 Å². The Hall–Kier alpha value is -1.61. The molecule has 3 nitrogen and oxygen atoms in total. The van der Waals surface area contributed by atoms with Crippen molar-refractivity contribution in [1.29, 1.82) is 0 Å². The van der Waals surface area contributed by atoms with Gasteiger partial charge < -0.3 is 9.73 Å². The van der Waals surface area contributed by atoms with Crippen LogP contribution in [0.3, 0.4) is 0 Å². The quantitative estimate of drug-likeness (QED) is 0.829. The average molecular weight is 202 g/mol. The molecule has 0 saturated heterocycles. The van der Waals surface area contributed by atoms with Crippen LogP contribution in [0.15, 0.2) is 41.3 Å². The summed E-state index contributed by atoms with van der Waals surface area (Å²) in [5.41, 5.74) is 3.35. The maximum atomic E-state index is 4.99. The van der Waals surface area contributed by atoms with Crippen LogP contribution >= 0.6 is 0 Å². The van der Waals surface area contributed by atoms with Crippen LogP contribution in [-0.2, 0) is 0 Å². The molecule has 0 bridgehead atoms. The van der Waals surface area contributed by atoms with Crippen LogP contribution in [0.4, 0.5) is 0 Å². The number of rotatable bonds is 3. The molecule has 0 saturated carbocycles. The molecular weight excluding hydrogens is 188 g/mol. The van der Waals surface area contributed by atoms with Crippen molar-refractivity contribution in [2.75, 3.05) is 7.05 Å². The van der Waals surface area contributed by atoms with E-state index in [0.29, 0.717) is 0 Å². The zero-order valence-electron chi connectivity index (χ0n) is 8.90. The second-order valence-corrected chi connectivity index (χ2v) is 3.55. The van der Waals surface area contributed by atoms with Crippen LogP contribution in [0.5, 0.6) is 0 Å². The summed E-state index contributed by atoms with van der Waals surface area (Å²) in [6.07, 6.45) is 3.12. The van der Waals surface area contributed by atoms with Gasteiger partial charge in [-0.05, 0) is 19.5 Å². The lowest BCUT2D eigenvalue weighted by Crippen LogP contribution is -2.17. The van der Waals surface area contributed by atoms with E-state index in [4.69, 9.17) is 4.42 Å². The summed E-state index contributed by atoms with van der Waals surface area (Å²) in [6.45, 7) is 2.08. The maximum Gasteiger partial charge on any atom is 0.180 e. The summed E-state index contributed by atoms with van der Waals surface area (Å²) < 4.78 is 4.99. The molecule has 2 aromatic rings. The summed E-state index contributed by atoms with van der Waals surface area (Å²) in [5.74, 6) is 0. The number of hydrogen-bond acceptors (Lipinski definition) is 3. The molecule has 1 atom stereocenters. The van der Waals surface area contributed by atoms with E-state index in [1.165, 1.54) is 17.5 Å². The topological polar surface area (TPSA) is 38.1 Å².